The van der Waals surface area contributed by atoms with Gasteiger partial charge in [0, 0.05) is 6.54 Å². The van der Waals surface area contributed by atoms with Crippen LogP contribution in [0.15, 0.2) is 48.3 Å². The first-order valence-electron chi connectivity index (χ1n) is 10.2. The number of benzene rings is 1. The maximum absolute atomic E-state index is 15.0. The number of aliphatic hydroxyl groups is 1. The zero-order valence-corrected chi connectivity index (χ0v) is 16.2. The van der Waals surface area contributed by atoms with Crippen LogP contribution < -0.4 is 0 Å². The molecule has 4 rings (SSSR count). The second-order valence-corrected chi connectivity index (χ2v) is 7.99. The van der Waals surface area contributed by atoms with E-state index in [1.54, 1.807) is 24.3 Å². The van der Waals surface area contributed by atoms with Gasteiger partial charge in [-0.25, -0.2) is 13.8 Å². The Morgan fingerprint density at radius 2 is 2.00 bits per heavy atom. The molecule has 2 heterocycles. The Balaban J connectivity index is 1.36. The van der Waals surface area contributed by atoms with Crippen molar-refractivity contribution in [3.8, 4) is 0 Å². The van der Waals surface area contributed by atoms with Crippen LogP contribution in [0.5, 0.6) is 0 Å². The molecule has 1 aliphatic carbocycles. The van der Waals surface area contributed by atoms with Gasteiger partial charge in [0.1, 0.15) is 17.7 Å². The van der Waals surface area contributed by atoms with Gasteiger partial charge in [-0.15, -0.1) is 0 Å². The normalized spacial score (nSPS) is 31.0. The number of alkyl halides is 1. The number of piperidine rings is 1. The number of carbonyl (C=O) groups excluding carboxylic acids is 1. The van der Waals surface area contributed by atoms with Gasteiger partial charge in [0.05, 0.1) is 19.2 Å². The van der Waals surface area contributed by atoms with E-state index in [1.165, 1.54) is 17.2 Å². The summed E-state index contributed by atoms with van der Waals surface area (Å²) in [5.41, 5.74) is 0.780. The van der Waals surface area contributed by atoms with Crippen molar-refractivity contribution >= 4 is 5.91 Å². The molecule has 29 heavy (non-hydrogen) atoms. The fraction of sp³-hybridized carbons (Fsp3) is 0.500. The molecule has 1 aromatic rings. The highest BCUT2D eigenvalue weighted by atomic mass is 19.1. The molecule has 2 fully saturated rings. The van der Waals surface area contributed by atoms with Gasteiger partial charge in [0.2, 0.25) is 0 Å². The van der Waals surface area contributed by atoms with Gasteiger partial charge < -0.3 is 5.11 Å². The van der Waals surface area contributed by atoms with E-state index < -0.39 is 12.2 Å². The van der Waals surface area contributed by atoms with E-state index in [-0.39, 0.29) is 42.4 Å². The van der Waals surface area contributed by atoms with Gasteiger partial charge >= 0.3 is 0 Å². The van der Waals surface area contributed by atoms with E-state index in [0.29, 0.717) is 32.4 Å². The fourth-order valence-corrected chi connectivity index (χ4v) is 4.50. The van der Waals surface area contributed by atoms with Crippen molar-refractivity contribution in [2.45, 2.75) is 38.0 Å². The van der Waals surface area contributed by atoms with Crippen LogP contribution in [0.1, 0.15) is 24.8 Å². The van der Waals surface area contributed by atoms with Crippen molar-refractivity contribution in [2.24, 2.45) is 11.8 Å². The summed E-state index contributed by atoms with van der Waals surface area (Å²) in [6.07, 6.45) is 6.11. The molecule has 4 atom stereocenters. The fourth-order valence-electron chi connectivity index (χ4n) is 4.50. The molecular weight excluding hydrogens is 378 g/mol. The molecule has 1 amide bonds. The third kappa shape index (κ3) is 4.51. The largest absolute Gasteiger partial charge is 0.508 e. The average molecular weight is 404 g/mol. The Kier molecular flexibility index (Phi) is 5.96. The van der Waals surface area contributed by atoms with Gasteiger partial charge in [-0.05, 0) is 67.5 Å². The SMILES string of the molecule is O=C1C(N2CC[C@@H](C3C=CC(O)=CC3)[C@H](F)C2)CCON1Cc1ccc(F)cc1. The Hall–Kier alpha value is -2.25. The molecule has 2 aliphatic heterocycles. The molecule has 0 bridgehead atoms. The molecular formula is C22H26F2N2O3. The van der Waals surface area contributed by atoms with E-state index in [0.717, 1.165) is 5.56 Å². The number of aliphatic hydroxyl groups excluding tert-OH is 1. The van der Waals surface area contributed by atoms with Crippen LogP contribution in [0.3, 0.4) is 0 Å². The lowest BCUT2D eigenvalue weighted by Crippen LogP contribution is -2.57. The van der Waals surface area contributed by atoms with E-state index >= 15 is 0 Å². The molecule has 1 aromatic carbocycles. The van der Waals surface area contributed by atoms with Gasteiger partial charge in [-0.1, -0.05) is 18.2 Å². The summed E-state index contributed by atoms with van der Waals surface area (Å²) in [7, 11) is 0. The Bertz CT molecular complexity index is 796. The first-order chi connectivity index (χ1) is 14.0. The number of rotatable bonds is 4. The number of allylic oxidation sites excluding steroid dienone is 3. The van der Waals surface area contributed by atoms with Crippen LogP contribution in [-0.4, -0.2) is 52.9 Å². The average Bonchev–Trinajstić information content (AvgIpc) is 2.72. The summed E-state index contributed by atoms with van der Waals surface area (Å²) in [4.78, 5) is 20.4. The predicted octanol–water partition coefficient (Wildman–Crippen LogP) is 3.54. The second kappa shape index (κ2) is 8.63. The van der Waals surface area contributed by atoms with Crippen molar-refractivity contribution in [3.63, 3.8) is 0 Å². The van der Waals surface area contributed by atoms with Gasteiger partial charge in [0.15, 0.2) is 0 Å². The number of carbonyl (C=O) groups is 1. The van der Waals surface area contributed by atoms with E-state index in [9.17, 15) is 18.7 Å². The zero-order chi connectivity index (χ0) is 20.4. The number of amides is 1. The van der Waals surface area contributed by atoms with Gasteiger partial charge in [0.25, 0.3) is 5.91 Å². The quantitative estimate of drug-likeness (QED) is 0.834. The van der Waals surface area contributed by atoms with Crippen molar-refractivity contribution in [2.75, 3.05) is 19.7 Å². The molecule has 0 spiro atoms. The summed E-state index contributed by atoms with van der Waals surface area (Å²) in [5, 5.41) is 10.8. The van der Waals surface area contributed by atoms with E-state index in [2.05, 4.69) is 0 Å². The summed E-state index contributed by atoms with van der Waals surface area (Å²) in [6, 6.07) is 5.57. The van der Waals surface area contributed by atoms with Crippen molar-refractivity contribution in [1.29, 1.82) is 0 Å². The Labute approximate surface area is 169 Å². The Morgan fingerprint density at radius 3 is 2.69 bits per heavy atom. The number of nitrogens with zero attached hydrogens (tertiary/aromatic N) is 2. The predicted molar refractivity (Wildman–Crippen MR) is 104 cm³/mol. The number of halogens is 2. The van der Waals surface area contributed by atoms with Crippen LogP contribution >= 0.6 is 0 Å². The topological polar surface area (TPSA) is 53.0 Å². The smallest absolute Gasteiger partial charge is 0.263 e. The number of hydrogen-bond donors (Lipinski definition) is 1. The van der Waals surface area contributed by atoms with E-state index in [4.69, 9.17) is 4.84 Å². The summed E-state index contributed by atoms with van der Waals surface area (Å²) >= 11 is 0. The first kappa shape index (κ1) is 20.0. The minimum absolute atomic E-state index is 0.0865. The minimum atomic E-state index is -1.02. The van der Waals surface area contributed by atoms with Crippen LogP contribution in [0.2, 0.25) is 0 Å². The molecule has 0 aromatic heterocycles. The zero-order valence-electron chi connectivity index (χ0n) is 16.2. The second-order valence-electron chi connectivity index (χ2n) is 7.99. The number of likely N-dealkylation sites (tertiary alicyclic amines) is 1. The molecule has 2 unspecified atom stereocenters. The monoisotopic (exact) mass is 404 g/mol. The molecule has 0 saturated carbocycles. The number of hydrogen-bond acceptors (Lipinski definition) is 4. The van der Waals surface area contributed by atoms with Gasteiger partial charge in [-0.2, -0.15) is 0 Å². The molecule has 156 valence electrons. The van der Waals surface area contributed by atoms with Crippen molar-refractivity contribution in [3.05, 3.63) is 59.6 Å². The van der Waals surface area contributed by atoms with Crippen LogP contribution in [0.25, 0.3) is 0 Å². The highest BCUT2D eigenvalue weighted by Gasteiger charge is 2.41. The molecule has 2 saturated heterocycles. The number of hydroxylamine groups is 2. The maximum atomic E-state index is 15.0. The lowest BCUT2D eigenvalue weighted by atomic mass is 9.79. The highest BCUT2D eigenvalue weighted by molar-refractivity contribution is 5.81. The van der Waals surface area contributed by atoms with Crippen LogP contribution in [-0.2, 0) is 16.2 Å². The lowest BCUT2D eigenvalue weighted by molar-refractivity contribution is -0.213. The van der Waals surface area contributed by atoms with E-state index in [1.807, 2.05) is 11.0 Å². The molecule has 1 N–H and O–H groups in total. The third-order valence-corrected chi connectivity index (χ3v) is 6.14. The highest BCUT2D eigenvalue weighted by Crippen LogP contribution is 2.34. The Morgan fingerprint density at radius 1 is 1.21 bits per heavy atom. The van der Waals surface area contributed by atoms with Crippen molar-refractivity contribution < 1.29 is 23.5 Å². The standard InChI is InChI=1S/C22H26F2N2O3/c23-17-5-1-15(2-6-17)13-26-22(28)21(10-12-29-26)25-11-9-19(20(24)14-25)16-3-7-18(27)8-4-16/h1-3,5-8,16,19-21,27H,4,9-14H2/t16?,19-,20+,21?/m0/s1. The third-order valence-electron chi connectivity index (χ3n) is 6.14. The van der Waals surface area contributed by atoms with Gasteiger partial charge in [-0.3, -0.25) is 14.5 Å². The molecule has 3 aliphatic rings. The lowest BCUT2D eigenvalue weighted by Gasteiger charge is -2.43. The molecule has 7 heteroatoms. The van der Waals surface area contributed by atoms with Crippen molar-refractivity contribution in [1.82, 2.24) is 9.96 Å². The molecule has 5 nitrogen and oxygen atoms in total. The molecule has 0 radical (unpaired) electrons. The summed E-state index contributed by atoms with van der Waals surface area (Å²) in [6.45, 7) is 1.52. The summed E-state index contributed by atoms with van der Waals surface area (Å²) in [5.74, 6) is -0.270. The maximum Gasteiger partial charge on any atom is 0.263 e. The van der Waals surface area contributed by atoms with Crippen LogP contribution in [0.4, 0.5) is 8.78 Å². The van der Waals surface area contributed by atoms with Crippen LogP contribution in [0, 0.1) is 17.7 Å². The summed E-state index contributed by atoms with van der Waals surface area (Å²) < 4.78 is 28.1. The minimum Gasteiger partial charge on any atom is -0.508 e. The first-order valence-corrected chi connectivity index (χ1v) is 10.2.